The zero-order valence-electron chi connectivity index (χ0n) is 12.3. The van der Waals surface area contributed by atoms with E-state index in [0.29, 0.717) is 12.5 Å². The molecule has 0 spiro atoms. The first-order valence-electron chi connectivity index (χ1n) is 7.61. The van der Waals surface area contributed by atoms with Gasteiger partial charge in [-0.3, -0.25) is 4.68 Å². The first-order chi connectivity index (χ1) is 10.1. The first-order valence-corrected chi connectivity index (χ1v) is 8.41. The lowest BCUT2D eigenvalue weighted by Gasteiger charge is -2.12. The van der Waals surface area contributed by atoms with Crippen molar-refractivity contribution in [3.05, 3.63) is 51.8 Å². The van der Waals surface area contributed by atoms with Crippen LogP contribution in [0.3, 0.4) is 0 Å². The molecule has 1 heterocycles. The monoisotopic (exact) mass is 348 g/mol. The number of aliphatic hydroxyl groups is 1. The van der Waals surface area contributed by atoms with Crippen LogP contribution in [0.2, 0.25) is 0 Å². The topological polar surface area (TPSA) is 38.0 Å². The lowest BCUT2D eigenvalue weighted by molar-refractivity contribution is 0.176. The second kappa shape index (κ2) is 6.32. The van der Waals surface area contributed by atoms with Crippen molar-refractivity contribution in [3.8, 4) is 0 Å². The summed E-state index contributed by atoms with van der Waals surface area (Å²) in [6.45, 7) is 2.04. The largest absolute Gasteiger partial charge is 0.388 e. The Morgan fingerprint density at radius 1 is 1.33 bits per heavy atom. The van der Waals surface area contributed by atoms with Crippen molar-refractivity contribution in [3.63, 3.8) is 0 Å². The number of aliphatic hydroxyl groups excluding tert-OH is 1. The molecule has 1 aromatic heterocycles. The van der Waals surface area contributed by atoms with E-state index in [1.807, 2.05) is 31.2 Å². The fourth-order valence-electron chi connectivity index (χ4n) is 3.05. The van der Waals surface area contributed by atoms with Crippen molar-refractivity contribution in [1.82, 2.24) is 9.78 Å². The maximum atomic E-state index is 10.4. The average Bonchev–Trinajstić information content (AvgIpc) is 3.12. The third kappa shape index (κ3) is 3.38. The predicted molar refractivity (Wildman–Crippen MR) is 87.3 cm³/mol. The highest BCUT2D eigenvalue weighted by Crippen LogP contribution is 2.29. The molecule has 1 unspecified atom stereocenters. The highest BCUT2D eigenvalue weighted by molar-refractivity contribution is 9.10. The Balaban J connectivity index is 1.69. The highest BCUT2D eigenvalue weighted by atomic mass is 79.9. The second-order valence-corrected chi connectivity index (χ2v) is 6.81. The predicted octanol–water partition coefficient (Wildman–Crippen LogP) is 4.35. The van der Waals surface area contributed by atoms with Crippen molar-refractivity contribution in [2.24, 2.45) is 0 Å². The molecule has 1 aliphatic carbocycles. The number of hydrogen-bond acceptors (Lipinski definition) is 2. The summed E-state index contributed by atoms with van der Waals surface area (Å²) in [5, 5.41) is 15.0. The summed E-state index contributed by atoms with van der Waals surface area (Å²) in [7, 11) is 0. The highest BCUT2D eigenvalue weighted by Gasteiger charge is 2.18. The van der Waals surface area contributed by atoms with E-state index in [1.165, 1.54) is 25.7 Å². The molecule has 3 nitrogen and oxygen atoms in total. The Morgan fingerprint density at radius 3 is 2.81 bits per heavy atom. The smallest absolute Gasteiger partial charge is 0.0846 e. The average molecular weight is 349 g/mol. The van der Waals surface area contributed by atoms with Crippen molar-refractivity contribution in [1.29, 1.82) is 0 Å². The Labute approximate surface area is 134 Å². The van der Waals surface area contributed by atoms with Gasteiger partial charge in [0.05, 0.1) is 17.8 Å². The normalized spacial score (nSPS) is 17.3. The molecule has 4 heteroatoms. The minimum absolute atomic E-state index is 0.497. The van der Waals surface area contributed by atoms with Gasteiger partial charge < -0.3 is 5.11 Å². The molecule has 112 valence electrons. The summed E-state index contributed by atoms with van der Waals surface area (Å²) in [5.41, 5.74) is 3.06. The molecule has 0 aliphatic heterocycles. The van der Waals surface area contributed by atoms with Crippen LogP contribution in [0.5, 0.6) is 0 Å². The molecule has 1 atom stereocenters. The first kappa shape index (κ1) is 14.8. The lowest BCUT2D eigenvalue weighted by Crippen LogP contribution is -2.07. The van der Waals surface area contributed by atoms with E-state index in [0.717, 1.165) is 21.3 Å². The van der Waals surface area contributed by atoms with Crippen LogP contribution in [0.25, 0.3) is 0 Å². The zero-order chi connectivity index (χ0) is 14.8. The molecule has 1 N–H and O–H groups in total. The van der Waals surface area contributed by atoms with Crippen molar-refractivity contribution >= 4 is 15.9 Å². The Morgan fingerprint density at radius 2 is 2.10 bits per heavy atom. The van der Waals surface area contributed by atoms with Gasteiger partial charge in [0.25, 0.3) is 0 Å². The summed E-state index contributed by atoms with van der Waals surface area (Å²) < 4.78 is 3.16. The van der Waals surface area contributed by atoms with Crippen LogP contribution in [-0.2, 0) is 6.42 Å². The number of aryl methyl sites for hydroxylation is 1. The summed E-state index contributed by atoms with van der Waals surface area (Å²) >= 11 is 3.49. The molecular weight excluding hydrogens is 328 g/mol. The van der Waals surface area contributed by atoms with E-state index in [4.69, 9.17) is 0 Å². The van der Waals surface area contributed by atoms with Gasteiger partial charge in [-0.05, 0) is 43.0 Å². The van der Waals surface area contributed by atoms with Crippen molar-refractivity contribution < 1.29 is 5.11 Å². The SMILES string of the molecule is Cc1cc(C(O)Cc2ccn(C3CCCC3)n2)ccc1Br. The molecule has 21 heavy (non-hydrogen) atoms. The molecule has 1 aromatic carbocycles. The summed E-state index contributed by atoms with van der Waals surface area (Å²) in [4.78, 5) is 0. The fourth-order valence-corrected chi connectivity index (χ4v) is 3.30. The number of hydrogen-bond donors (Lipinski definition) is 1. The van der Waals surface area contributed by atoms with Gasteiger partial charge in [-0.25, -0.2) is 0 Å². The quantitative estimate of drug-likeness (QED) is 0.891. The van der Waals surface area contributed by atoms with Crippen LogP contribution in [0.4, 0.5) is 0 Å². The third-order valence-corrected chi connectivity index (χ3v) is 5.22. The van der Waals surface area contributed by atoms with Crippen LogP contribution in [0.15, 0.2) is 34.9 Å². The van der Waals surface area contributed by atoms with Crippen LogP contribution in [0, 0.1) is 6.92 Å². The van der Waals surface area contributed by atoms with Gasteiger partial charge in [0.2, 0.25) is 0 Å². The molecule has 0 radical (unpaired) electrons. The van der Waals surface area contributed by atoms with Crippen molar-refractivity contribution in [2.45, 2.75) is 51.2 Å². The van der Waals surface area contributed by atoms with Gasteiger partial charge in [0, 0.05) is 17.1 Å². The molecule has 1 fully saturated rings. The molecule has 3 rings (SSSR count). The van der Waals surface area contributed by atoms with E-state index >= 15 is 0 Å². The van der Waals surface area contributed by atoms with E-state index in [-0.39, 0.29) is 0 Å². The Bertz CT molecular complexity index is 617. The van der Waals surface area contributed by atoms with Crippen LogP contribution in [-0.4, -0.2) is 14.9 Å². The van der Waals surface area contributed by atoms with Crippen LogP contribution < -0.4 is 0 Å². The molecule has 0 amide bonds. The van der Waals surface area contributed by atoms with Crippen LogP contribution >= 0.6 is 15.9 Å². The second-order valence-electron chi connectivity index (χ2n) is 5.95. The fraction of sp³-hybridized carbons (Fsp3) is 0.471. The maximum Gasteiger partial charge on any atom is 0.0846 e. The molecule has 2 aromatic rings. The summed E-state index contributed by atoms with van der Waals surface area (Å²) in [5.74, 6) is 0. The standard InChI is InChI=1S/C17H21BrN2O/c1-12-10-13(6-7-16(12)18)17(21)11-14-8-9-20(19-14)15-4-2-3-5-15/h6-10,15,17,21H,2-5,11H2,1H3. The maximum absolute atomic E-state index is 10.4. The Kier molecular flexibility index (Phi) is 4.45. The minimum Gasteiger partial charge on any atom is -0.388 e. The minimum atomic E-state index is -0.497. The van der Waals surface area contributed by atoms with Gasteiger partial charge in [-0.15, -0.1) is 0 Å². The van der Waals surface area contributed by atoms with Gasteiger partial charge in [0.1, 0.15) is 0 Å². The molecular formula is C17H21BrN2O. The molecule has 1 saturated carbocycles. The van der Waals surface area contributed by atoms with Gasteiger partial charge >= 0.3 is 0 Å². The van der Waals surface area contributed by atoms with E-state index in [1.54, 1.807) is 0 Å². The van der Waals surface area contributed by atoms with Gasteiger partial charge in [0.15, 0.2) is 0 Å². The number of rotatable bonds is 4. The molecule has 1 aliphatic rings. The third-order valence-electron chi connectivity index (χ3n) is 4.33. The number of benzene rings is 1. The number of nitrogens with zero attached hydrogens (tertiary/aromatic N) is 2. The van der Waals surface area contributed by atoms with Gasteiger partial charge in [-0.2, -0.15) is 5.10 Å². The van der Waals surface area contributed by atoms with Gasteiger partial charge in [-0.1, -0.05) is 40.9 Å². The number of aromatic nitrogens is 2. The molecule has 0 saturated heterocycles. The van der Waals surface area contributed by atoms with Crippen molar-refractivity contribution in [2.75, 3.05) is 0 Å². The Hall–Kier alpha value is -1.13. The van der Waals surface area contributed by atoms with E-state index in [2.05, 4.69) is 31.9 Å². The summed E-state index contributed by atoms with van der Waals surface area (Å²) in [6.07, 6.45) is 7.21. The number of halogens is 1. The van der Waals surface area contributed by atoms with E-state index < -0.39 is 6.10 Å². The summed E-state index contributed by atoms with van der Waals surface area (Å²) in [6, 6.07) is 8.59. The molecule has 0 bridgehead atoms. The zero-order valence-corrected chi connectivity index (χ0v) is 13.9. The lowest BCUT2D eigenvalue weighted by atomic mass is 10.0. The van der Waals surface area contributed by atoms with E-state index in [9.17, 15) is 5.11 Å². The van der Waals surface area contributed by atoms with Crippen LogP contribution in [0.1, 0.15) is 54.6 Å².